The largest absolute Gasteiger partial charge is 0.444 e. The van der Waals surface area contributed by atoms with Gasteiger partial charge in [0.1, 0.15) is 11.1 Å². The fourth-order valence-corrected chi connectivity index (χ4v) is 2.71. The number of benzene rings is 2. The van der Waals surface area contributed by atoms with Crippen LogP contribution in [0.5, 0.6) is 0 Å². The third-order valence-corrected chi connectivity index (χ3v) is 3.90. The Labute approximate surface area is 161 Å². The molecule has 0 saturated heterocycles. The molecule has 142 valence electrons. The third kappa shape index (κ3) is 6.47. The van der Waals surface area contributed by atoms with Crippen molar-refractivity contribution in [1.29, 1.82) is 0 Å². The van der Waals surface area contributed by atoms with Crippen LogP contribution in [0.15, 0.2) is 60.7 Å². The number of carbonyl (C=O) groups is 1. The maximum absolute atomic E-state index is 12.5. The highest BCUT2D eigenvalue weighted by Gasteiger charge is 2.33. The van der Waals surface area contributed by atoms with Crippen LogP contribution in [0.4, 0.5) is 4.79 Å². The van der Waals surface area contributed by atoms with E-state index < -0.39 is 17.2 Å². The lowest BCUT2D eigenvalue weighted by atomic mass is 9.87. The van der Waals surface area contributed by atoms with Gasteiger partial charge in [-0.2, -0.15) is 0 Å². The number of amides is 1. The van der Waals surface area contributed by atoms with E-state index >= 15 is 0 Å². The summed E-state index contributed by atoms with van der Waals surface area (Å²) in [7, 11) is 0. The topological polar surface area (TPSA) is 58.6 Å². The van der Waals surface area contributed by atoms with Gasteiger partial charge in [-0.3, -0.25) is 0 Å². The van der Waals surface area contributed by atoms with Crippen molar-refractivity contribution in [2.24, 2.45) is 0 Å². The monoisotopic (exact) mass is 365 g/mol. The van der Waals surface area contributed by atoms with Gasteiger partial charge in [0.2, 0.25) is 0 Å². The summed E-state index contributed by atoms with van der Waals surface area (Å²) in [6.45, 7) is 5.31. The summed E-state index contributed by atoms with van der Waals surface area (Å²) in [6, 6.07) is 19.4. The van der Waals surface area contributed by atoms with Crippen molar-refractivity contribution >= 4 is 6.09 Å². The number of aliphatic hydroxyl groups is 1. The van der Waals surface area contributed by atoms with Crippen molar-refractivity contribution < 1.29 is 14.6 Å². The molecule has 2 aromatic rings. The van der Waals surface area contributed by atoms with Gasteiger partial charge >= 0.3 is 6.09 Å². The highest BCUT2D eigenvalue weighted by molar-refractivity contribution is 5.70. The van der Waals surface area contributed by atoms with E-state index in [1.165, 1.54) is 0 Å². The van der Waals surface area contributed by atoms with Crippen molar-refractivity contribution in [3.63, 3.8) is 0 Å². The third-order valence-electron chi connectivity index (χ3n) is 3.90. The molecule has 0 saturated carbocycles. The summed E-state index contributed by atoms with van der Waals surface area (Å²) < 4.78 is 5.43. The number of aliphatic hydroxyl groups excluding tert-OH is 1. The highest BCUT2D eigenvalue weighted by atomic mass is 16.6. The molecule has 1 atom stereocenters. The standard InChI is InChI=1S/C23H27NO3/c1-22(2,3)27-21(26)24-23(17-18-25,20-14-8-5-9-15-20)16-10-13-19-11-6-4-7-12-19/h4-9,11-12,14-15,25H,13,17-18H2,1-3H3,(H,24,26). The predicted octanol–water partition coefficient (Wildman–Crippen LogP) is 4.04. The second-order valence-corrected chi connectivity index (χ2v) is 7.34. The molecule has 0 radical (unpaired) electrons. The molecule has 0 aliphatic rings. The fraction of sp³-hybridized carbons (Fsp3) is 0.348. The summed E-state index contributed by atoms with van der Waals surface area (Å²) in [5, 5.41) is 12.6. The van der Waals surface area contributed by atoms with Gasteiger partial charge in [-0.25, -0.2) is 4.79 Å². The fourth-order valence-electron chi connectivity index (χ4n) is 2.71. The zero-order valence-electron chi connectivity index (χ0n) is 16.2. The summed E-state index contributed by atoms with van der Waals surface area (Å²) in [5.74, 6) is 6.36. The molecular weight excluding hydrogens is 338 g/mol. The van der Waals surface area contributed by atoms with Crippen molar-refractivity contribution in [1.82, 2.24) is 5.32 Å². The molecule has 27 heavy (non-hydrogen) atoms. The zero-order chi connectivity index (χ0) is 19.8. The van der Waals surface area contributed by atoms with Crippen molar-refractivity contribution in [3.05, 3.63) is 71.8 Å². The van der Waals surface area contributed by atoms with Gasteiger partial charge in [0.25, 0.3) is 0 Å². The van der Waals surface area contributed by atoms with Crippen LogP contribution in [0.3, 0.4) is 0 Å². The van der Waals surface area contributed by atoms with Crippen molar-refractivity contribution in [3.8, 4) is 11.8 Å². The molecule has 0 aliphatic heterocycles. The number of hydrogen-bond donors (Lipinski definition) is 2. The number of hydrogen-bond acceptors (Lipinski definition) is 3. The van der Waals surface area contributed by atoms with Crippen LogP contribution in [0.25, 0.3) is 0 Å². The second-order valence-electron chi connectivity index (χ2n) is 7.34. The molecule has 0 spiro atoms. The lowest BCUT2D eigenvalue weighted by molar-refractivity contribution is 0.0467. The molecule has 0 heterocycles. The number of alkyl carbamates (subject to hydrolysis) is 1. The molecule has 2 rings (SSSR count). The molecule has 0 bridgehead atoms. The quantitative estimate of drug-likeness (QED) is 0.787. The molecule has 0 aliphatic carbocycles. The summed E-state index contributed by atoms with van der Waals surface area (Å²) in [5.41, 5.74) is 0.259. The minimum atomic E-state index is -1.02. The van der Waals surface area contributed by atoms with Gasteiger partial charge in [0, 0.05) is 19.4 Å². The van der Waals surface area contributed by atoms with E-state index in [0.717, 1.165) is 11.1 Å². The van der Waals surface area contributed by atoms with Gasteiger partial charge in [-0.15, -0.1) is 0 Å². The van der Waals surface area contributed by atoms with Gasteiger partial charge in [-0.1, -0.05) is 72.5 Å². The maximum Gasteiger partial charge on any atom is 0.409 e. The van der Waals surface area contributed by atoms with Gasteiger partial charge < -0.3 is 15.2 Å². The Morgan fingerprint density at radius 3 is 2.19 bits per heavy atom. The Kier molecular flexibility index (Phi) is 7.04. The summed E-state index contributed by atoms with van der Waals surface area (Å²) in [4.78, 5) is 12.5. The molecule has 4 heteroatoms. The van der Waals surface area contributed by atoms with Crippen LogP contribution in [0.1, 0.15) is 38.3 Å². The summed E-state index contributed by atoms with van der Waals surface area (Å²) in [6.07, 6.45) is 0.253. The van der Waals surface area contributed by atoms with E-state index in [1.807, 2.05) is 81.4 Å². The Morgan fingerprint density at radius 1 is 1.04 bits per heavy atom. The minimum absolute atomic E-state index is 0.120. The first kappa shape index (κ1) is 20.5. The number of rotatable bonds is 5. The number of nitrogens with one attached hydrogen (secondary N) is 1. The first-order valence-electron chi connectivity index (χ1n) is 9.06. The van der Waals surface area contributed by atoms with Crippen LogP contribution < -0.4 is 5.32 Å². The molecule has 4 nitrogen and oxygen atoms in total. The molecule has 2 aromatic carbocycles. The predicted molar refractivity (Wildman–Crippen MR) is 107 cm³/mol. The van der Waals surface area contributed by atoms with Crippen LogP contribution in [-0.2, 0) is 16.7 Å². The van der Waals surface area contributed by atoms with E-state index in [9.17, 15) is 9.90 Å². The molecule has 0 fully saturated rings. The Balaban J connectivity index is 2.35. The normalized spacial score (nSPS) is 13.0. The first-order valence-corrected chi connectivity index (χ1v) is 9.06. The average molecular weight is 365 g/mol. The van der Waals surface area contributed by atoms with Crippen LogP contribution in [0, 0.1) is 11.8 Å². The van der Waals surface area contributed by atoms with Gasteiger partial charge in [0.15, 0.2) is 0 Å². The molecular formula is C23H27NO3. The Morgan fingerprint density at radius 2 is 1.63 bits per heavy atom. The first-order chi connectivity index (χ1) is 12.8. The molecule has 1 unspecified atom stereocenters. The maximum atomic E-state index is 12.5. The van der Waals surface area contributed by atoms with Crippen molar-refractivity contribution in [2.75, 3.05) is 6.61 Å². The smallest absolute Gasteiger partial charge is 0.409 e. The van der Waals surface area contributed by atoms with Crippen molar-refractivity contribution in [2.45, 2.75) is 44.8 Å². The average Bonchev–Trinajstić information content (AvgIpc) is 2.62. The molecule has 0 aromatic heterocycles. The summed E-state index contributed by atoms with van der Waals surface area (Å²) >= 11 is 0. The van der Waals surface area contributed by atoms with E-state index in [-0.39, 0.29) is 13.0 Å². The number of ether oxygens (including phenoxy) is 1. The van der Waals surface area contributed by atoms with Crippen LogP contribution in [0.2, 0.25) is 0 Å². The van der Waals surface area contributed by atoms with Gasteiger partial charge in [-0.05, 0) is 31.9 Å². The van der Waals surface area contributed by atoms with E-state index in [2.05, 4.69) is 17.2 Å². The Bertz CT molecular complexity index is 785. The second kappa shape index (κ2) is 9.25. The van der Waals surface area contributed by atoms with Crippen LogP contribution >= 0.6 is 0 Å². The SMILES string of the molecule is CC(C)(C)OC(=O)NC(C#CCc1ccccc1)(CCO)c1ccccc1. The zero-order valence-corrected chi connectivity index (χ0v) is 16.2. The van der Waals surface area contributed by atoms with E-state index in [4.69, 9.17) is 4.74 Å². The van der Waals surface area contributed by atoms with E-state index in [0.29, 0.717) is 6.42 Å². The van der Waals surface area contributed by atoms with Crippen LogP contribution in [-0.4, -0.2) is 23.4 Å². The lowest BCUT2D eigenvalue weighted by Crippen LogP contribution is -2.47. The Hall–Kier alpha value is -2.77. The molecule has 1 amide bonds. The van der Waals surface area contributed by atoms with Gasteiger partial charge in [0.05, 0.1) is 0 Å². The molecule has 2 N–H and O–H groups in total. The highest BCUT2D eigenvalue weighted by Crippen LogP contribution is 2.25. The number of carbonyl (C=O) groups excluding carboxylic acids is 1. The van der Waals surface area contributed by atoms with E-state index in [1.54, 1.807) is 0 Å². The lowest BCUT2D eigenvalue weighted by Gasteiger charge is -2.31. The minimum Gasteiger partial charge on any atom is -0.444 e.